The van der Waals surface area contributed by atoms with Crippen molar-refractivity contribution >= 4 is 29.6 Å². The highest BCUT2D eigenvalue weighted by Gasteiger charge is 2.29. The monoisotopic (exact) mass is 659 g/mol. The zero-order valence-electron chi connectivity index (χ0n) is 27.5. The first-order valence-electron chi connectivity index (χ1n) is 15.9. The molecule has 4 atom stereocenters. The molecular formula is C36H45N5O7. The topological polar surface area (TPSA) is 189 Å². The van der Waals surface area contributed by atoms with Crippen molar-refractivity contribution in [2.75, 3.05) is 6.54 Å². The Bertz CT molecular complexity index is 1500. The van der Waals surface area contributed by atoms with Crippen LogP contribution in [0, 0.1) is 5.92 Å². The lowest BCUT2D eigenvalue weighted by molar-refractivity contribution is -0.149. The number of rotatable bonds is 17. The Kier molecular flexibility index (Phi) is 14.6. The predicted octanol–water partition coefficient (Wildman–Crippen LogP) is 1.88. The van der Waals surface area contributed by atoms with Gasteiger partial charge in [0, 0.05) is 6.42 Å². The van der Waals surface area contributed by atoms with Crippen LogP contribution in [0.3, 0.4) is 0 Å². The summed E-state index contributed by atoms with van der Waals surface area (Å²) in [5, 5.41) is 19.8. The van der Waals surface area contributed by atoms with E-state index < -0.39 is 60.3 Å². The standard InChI is InChI=1S/C36H45N5O7/c1-23(2)18-31(36(47)48-22-27-12-8-5-9-13-27)41-35(46)30(20-25-10-6-4-7-11-25)40-32(43)21-38-33(44)24(3)39-34(45)29(37)19-26-14-16-28(42)17-15-26/h4-17,23-24,29-31,42H,18-22,37H2,1-3H3,(H,38,44)(H,39,45)(H,40,43)(H,41,46)/t24-,29-,30+,31+/m1/s1. The van der Waals surface area contributed by atoms with Gasteiger partial charge in [-0.25, -0.2) is 4.79 Å². The zero-order chi connectivity index (χ0) is 35.1. The molecule has 3 rings (SSSR count). The summed E-state index contributed by atoms with van der Waals surface area (Å²) in [6, 6.07) is 20.6. The van der Waals surface area contributed by atoms with Crippen molar-refractivity contribution < 1.29 is 33.8 Å². The number of aromatic hydroxyl groups is 1. The van der Waals surface area contributed by atoms with Crippen molar-refractivity contribution in [3.63, 3.8) is 0 Å². The highest BCUT2D eigenvalue weighted by atomic mass is 16.5. The van der Waals surface area contributed by atoms with Crippen LogP contribution in [0.25, 0.3) is 0 Å². The van der Waals surface area contributed by atoms with E-state index in [2.05, 4.69) is 21.3 Å². The molecule has 3 aromatic carbocycles. The normalized spacial score (nSPS) is 13.4. The lowest BCUT2D eigenvalue weighted by Gasteiger charge is -2.24. The molecule has 7 N–H and O–H groups in total. The van der Waals surface area contributed by atoms with Gasteiger partial charge in [0.05, 0.1) is 12.6 Å². The third-order valence-corrected chi connectivity index (χ3v) is 7.37. The van der Waals surface area contributed by atoms with Crippen molar-refractivity contribution in [2.45, 2.75) is 70.8 Å². The minimum Gasteiger partial charge on any atom is -0.508 e. The molecule has 0 heterocycles. The molecule has 3 aromatic rings. The number of amides is 4. The molecule has 0 radical (unpaired) electrons. The average Bonchev–Trinajstić information content (AvgIpc) is 3.07. The van der Waals surface area contributed by atoms with Crippen molar-refractivity contribution in [2.24, 2.45) is 11.7 Å². The number of nitrogens with one attached hydrogen (secondary N) is 4. The first-order chi connectivity index (χ1) is 22.9. The number of carbonyl (C=O) groups excluding carboxylic acids is 5. The fourth-order valence-electron chi connectivity index (χ4n) is 4.78. The van der Waals surface area contributed by atoms with E-state index in [4.69, 9.17) is 10.5 Å². The summed E-state index contributed by atoms with van der Waals surface area (Å²) in [5.74, 6) is -2.85. The number of phenols is 1. The Morgan fingerprint density at radius 3 is 1.88 bits per heavy atom. The van der Waals surface area contributed by atoms with Gasteiger partial charge in [0.2, 0.25) is 23.6 Å². The van der Waals surface area contributed by atoms with Crippen molar-refractivity contribution in [1.82, 2.24) is 21.3 Å². The van der Waals surface area contributed by atoms with Crippen LogP contribution in [0.4, 0.5) is 0 Å². The minimum atomic E-state index is -1.07. The second kappa shape index (κ2) is 18.8. The summed E-state index contributed by atoms with van der Waals surface area (Å²) in [6.07, 6.45) is 0.644. The Balaban J connectivity index is 1.58. The number of ether oxygens (including phenoxy) is 1. The van der Waals surface area contributed by atoms with Crippen LogP contribution >= 0.6 is 0 Å². The Morgan fingerprint density at radius 1 is 0.688 bits per heavy atom. The maximum Gasteiger partial charge on any atom is 0.328 e. The molecule has 12 heteroatoms. The lowest BCUT2D eigenvalue weighted by atomic mass is 10.0. The summed E-state index contributed by atoms with van der Waals surface area (Å²) in [7, 11) is 0. The molecule has 12 nitrogen and oxygen atoms in total. The smallest absolute Gasteiger partial charge is 0.328 e. The van der Waals surface area contributed by atoms with Crippen LogP contribution in [0.2, 0.25) is 0 Å². The molecular weight excluding hydrogens is 614 g/mol. The number of nitrogens with two attached hydrogens (primary N) is 1. The molecule has 0 saturated heterocycles. The van der Waals surface area contributed by atoms with E-state index >= 15 is 0 Å². The highest BCUT2D eigenvalue weighted by Crippen LogP contribution is 2.12. The predicted molar refractivity (Wildman–Crippen MR) is 180 cm³/mol. The molecule has 256 valence electrons. The first kappa shape index (κ1) is 37.2. The van der Waals surface area contributed by atoms with E-state index in [0.717, 1.165) is 16.7 Å². The van der Waals surface area contributed by atoms with Crippen LogP contribution in [-0.4, -0.2) is 65.4 Å². The Hall–Kier alpha value is -5.23. The average molecular weight is 660 g/mol. The van der Waals surface area contributed by atoms with Crippen LogP contribution < -0.4 is 27.0 Å². The molecule has 4 amide bonds. The molecule has 0 saturated carbocycles. The Labute approximate surface area is 280 Å². The number of hydrogen-bond donors (Lipinski definition) is 6. The van der Waals surface area contributed by atoms with Gasteiger partial charge in [-0.2, -0.15) is 0 Å². The number of carbonyl (C=O) groups is 5. The summed E-state index contributed by atoms with van der Waals surface area (Å²) in [5.41, 5.74) is 8.30. The summed E-state index contributed by atoms with van der Waals surface area (Å²) < 4.78 is 5.50. The van der Waals surface area contributed by atoms with Gasteiger partial charge in [-0.3, -0.25) is 19.2 Å². The van der Waals surface area contributed by atoms with E-state index in [0.29, 0.717) is 6.42 Å². The van der Waals surface area contributed by atoms with E-state index in [1.54, 1.807) is 24.3 Å². The second-order valence-electron chi connectivity index (χ2n) is 12.0. The lowest BCUT2D eigenvalue weighted by Crippen LogP contribution is -2.55. The van der Waals surface area contributed by atoms with Crippen LogP contribution in [-0.2, 0) is 48.2 Å². The molecule has 0 fully saturated rings. The van der Waals surface area contributed by atoms with Crippen LogP contribution in [0.1, 0.15) is 43.9 Å². The van der Waals surface area contributed by atoms with Crippen LogP contribution in [0.5, 0.6) is 5.75 Å². The van der Waals surface area contributed by atoms with Gasteiger partial charge < -0.3 is 36.8 Å². The van der Waals surface area contributed by atoms with Gasteiger partial charge in [0.25, 0.3) is 0 Å². The number of hydrogen-bond acceptors (Lipinski definition) is 8. The van der Waals surface area contributed by atoms with Crippen molar-refractivity contribution in [3.8, 4) is 5.75 Å². The maximum atomic E-state index is 13.5. The fourth-order valence-corrected chi connectivity index (χ4v) is 4.78. The maximum absolute atomic E-state index is 13.5. The molecule has 0 bridgehead atoms. The van der Waals surface area contributed by atoms with Crippen LogP contribution in [0.15, 0.2) is 84.9 Å². The van der Waals surface area contributed by atoms with Gasteiger partial charge in [-0.1, -0.05) is 86.6 Å². The van der Waals surface area contributed by atoms with Crippen molar-refractivity contribution in [3.05, 3.63) is 102 Å². The third kappa shape index (κ3) is 12.9. The molecule has 0 aliphatic heterocycles. The fraction of sp³-hybridized carbons (Fsp3) is 0.361. The van der Waals surface area contributed by atoms with E-state index in [1.807, 2.05) is 62.4 Å². The van der Waals surface area contributed by atoms with Gasteiger partial charge in [-0.15, -0.1) is 0 Å². The number of benzene rings is 3. The van der Waals surface area contributed by atoms with E-state index in [9.17, 15) is 29.1 Å². The van der Waals surface area contributed by atoms with Gasteiger partial charge in [-0.05, 0) is 54.5 Å². The van der Waals surface area contributed by atoms with Gasteiger partial charge in [0.15, 0.2) is 0 Å². The molecule has 0 aromatic heterocycles. The molecule has 0 unspecified atom stereocenters. The van der Waals surface area contributed by atoms with E-state index in [1.165, 1.54) is 19.1 Å². The molecule has 0 spiro atoms. The third-order valence-electron chi connectivity index (χ3n) is 7.37. The minimum absolute atomic E-state index is 0.0528. The second-order valence-corrected chi connectivity index (χ2v) is 12.0. The molecule has 48 heavy (non-hydrogen) atoms. The highest BCUT2D eigenvalue weighted by molar-refractivity contribution is 5.94. The largest absolute Gasteiger partial charge is 0.508 e. The number of phenolic OH excluding ortho intramolecular Hbond substituents is 1. The SMILES string of the molecule is CC(C)C[C@H](NC(=O)[C@H](Cc1ccccc1)NC(=O)CNC(=O)[C@@H](C)NC(=O)[C@H](N)Cc1ccc(O)cc1)C(=O)OCc1ccccc1. The molecule has 0 aliphatic rings. The summed E-state index contributed by atoms with van der Waals surface area (Å²) in [6.45, 7) is 4.88. The first-order valence-corrected chi connectivity index (χ1v) is 15.9. The van der Waals surface area contributed by atoms with Crippen molar-refractivity contribution in [1.29, 1.82) is 0 Å². The molecule has 0 aliphatic carbocycles. The Morgan fingerprint density at radius 2 is 1.27 bits per heavy atom. The number of esters is 1. The summed E-state index contributed by atoms with van der Waals surface area (Å²) in [4.78, 5) is 64.8. The van der Waals surface area contributed by atoms with E-state index in [-0.39, 0.29) is 31.1 Å². The quantitative estimate of drug-likeness (QED) is 0.119. The van der Waals surface area contributed by atoms with Gasteiger partial charge >= 0.3 is 5.97 Å². The summed E-state index contributed by atoms with van der Waals surface area (Å²) >= 11 is 0. The zero-order valence-corrected chi connectivity index (χ0v) is 27.5. The van der Waals surface area contributed by atoms with Gasteiger partial charge in [0.1, 0.15) is 30.5 Å².